The molecule has 2 aromatic rings. The fraction of sp³-hybridized carbons (Fsp3) is 0.167. The van der Waals surface area contributed by atoms with E-state index in [-0.39, 0.29) is 17.1 Å². The molecule has 118 valence electrons. The summed E-state index contributed by atoms with van der Waals surface area (Å²) in [4.78, 5) is 0. The SMILES string of the molecule is FC(F)(F)c1cc(Oc2ccc(Cl)nn2)cc(C(F)(F)F)c1. The largest absolute Gasteiger partial charge is 0.437 e. The van der Waals surface area contributed by atoms with Crippen LogP contribution in [0.15, 0.2) is 30.3 Å². The van der Waals surface area contributed by atoms with Crippen LogP contribution in [0.25, 0.3) is 0 Å². The number of alkyl halides is 6. The van der Waals surface area contributed by atoms with E-state index in [1.54, 1.807) is 0 Å². The lowest BCUT2D eigenvalue weighted by Gasteiger charge is -2.14. The van der Waals surface area contributed by atoms with Crippen LogP contribution in [-0.4, -0.2) is 10.2 Å². The number of benzene rings is 1. The summed E-state index contributed by atoms with van der Waals surface area (Å²) in [7, 11) is 0. The molecule has 1 aromatic carbocycles. The van der Waals surface area contributed by atoms with E-state index in [1.165, 1.54) is 6.07 Å². The first kappa shape index (κ1) is 16.3. The molecule has 1 heterocycles. The highest BCUT2D eigenvalue weighted by molar-refractivity contribution is 6.29. The number of hydrogen-bond donors (Lipinski definition) is 0. The van der Waals surface area contributed by atoms with Crippen molar-refractivity contribution in [3.63, 3.8) is 0 Å². The summed E-state index contributed by atoms with van der Waals surface area (Å²) >= 11 is 5.46. The minimum Gasteiger partial charge on any atom is -0.437 e. The van der Waals surface area contributed by atoms with Crippen molar-refractivity contribution in [2.24, 2.45) is 0 Å². The third-order valence-corrected chi connectivity index (χ3v) is 2.59. The van der Waals surface area contributed by atoms with E-state index in [2.05, 4.69) is 10.2 Å². The lowest BCUT2D eigenvalue weighted by atomic mass is 10.1. The van der Waals surface area contributed by atoms with E-state index in [0.717, 1.165) is 6.07 Å². The molecular weight excluding hydrogens is 338 g/mol. The summed E-state index contributed by atoms with van der Waals surface area (Å²) in [6, 6.07) is 3.25. The molecular formula is C12H5ClF6N2O. The molecule has 2 rings (SSSR count). The molecule has 0 saturated carbocycles. The van der Waals surface area contributed by atoms with Gasteiger partial charge in [-0.1, -0.05) is 11.6 Å². The fourth-order valence-corrected chi connectivity index (χ4v) is 1.57. The van der Waals surface area contributed by atoms with Crippen molar-refractivity contribution in [1.82, 2.24) is 10.2 Å². The van der Waals surface area contributed by atoms with Crippen LogP contribution >= 0.6 is 11.6 Å². The Labute approximate surface area is 124 Å². The summed E-state index contributed by atoms with van der Waals surface area (Å²) in [5, 5.41) is 6.75. The molecule has 0 unspecified atom stereocenters. The van der Waals surface area contributed by atoms with Gasteiger partial charge in [0.25, 0.3) is 0 Å². The van der Waals surface area contributed by atoms with Crippen molar-refractivity contribution >= 4 is 11.6 Å². The molecule has 0 fully saturated rings. The van der Waals surface area contributed by atoms with Gasteiger partial charge in [-0.15, -0.1) is 10.2 Å². The highest BCUT2D eigenvalue weighted by Crippen LogP contribution is 2.38. The van der Waals surface area contributed by atoms with Gasteiger partial charge in [-0.2, -0.15) is 26.3 Å². The van der Waals surface area contributed by atoms with Crippen molar-refractivity contribution in [3.05, 3.63) is 46.6 Å². The quantitative estimate of drug-likeness (QED) is 0.724. The third kappa shape index (κ3) is 4.00. The molecule has 0 aliphatic rings. The molecule has 1 aromatic heterocycles. The molecule has 10 heteroatoms. The predicted octanol–water partition coefficient (Wildman–Crippen LogP) is 4.96. The number of aromatic nitrogens is 2. The van der Waals surface area contributed by atoms with E-state index in [0.29, 0.717) is 12.1 Å². The minimum atomic E-state index is -4.95. The first-order valence-electron chi connectivity index (χ1n) is 5.52. The number of ether oxygens (including phenoxy) is 1. The lowest BCUT2D eigenvalue weighted by Crippen LogP contribution is -2.11. The second-order valence-corrected chi connectivity index (χ2v) is 4.43. The first-order valence-corrected chi connectivity index (χ1v) is 5.90. The average molecular weight is 343 g/mol. The molecule has 0 aliphatic heterocycles. The molecule has 0 saturated heterocycles. The number of nitrogens with zero attached hydrogens (tertiary/aromatic N) is 2. The Bertz CT molecular complexity index is 637. The van der Waals surface area contributed by atoms with Crippen LogP contribution in [0.1, 0.15) is 11.1 Å². The first-order chi connectivity index (χ1) is 10.1. The number of rotatable bonds is 2. The van der Waals surface area contributed by atoms with E-state index in [4.69, 9.17) is 16.3 Å². The maximum Gasteiger partial charge on any atom is 0.416 e. The van der Waals surface area contributed by atoms with Gasteiger partial charge < -0.3 is 4.74 Å². The van der Waals surface area contributed by atoms with Gasteiger partial charge in [0, 0.05) is 6.07 Å². The van der Waals surface area contributed by atoms with Gasteiger partial charge in [-0.05, 0) is 24.3 Å². The van der Waals surface area contributed by atoms with Gasteiger partial charge in [0.1, 0.15) is 5.75 Å². The van der Waals surface area contributed by atoms with Crippen molar-refractivity contribution < 1.29 is 31.1 Å². The summed E-state index contributed by atoms with van der Waals surface area (Å²) in [6.45, 7) is 0. The van der Waals surface area contributed by atoms with Crippen LogP contribution in [0.5, 0.6) is 11.6 Å². The van der Waals surface area contributed by atoms with Gasteiger partial charge in [-0.3, -0.25) is 0 Å². The summed E-state index contributed by atoms with van der Waals surface area (Å²) in [5.74, 6) is -0.962. The Kier molecular flexibility index (Phi) is 4.19. The van der Waals surface area contributed by atoms with Crippen molar-refractivity contribution in [1.29, 1.82) is 0 Å². The van der Waals surface area contributed by atoms with Crippen molar-refractivity contribution in [2.45, 2.75) is 12.4 Å². The summed E-state index contributed by atoms with van der Waals surface area (Å²) in [6.07, 6.45) is -9.91. The van der Waals surface area contributed by atoms with Gasteiger partial charge in [0.15, 0.2) is 5.15 Å². The Morgan fingerprint density at radius 2 is 1.36 bits per heavy atom. The number of hydrogen-bond acceptors (Lipinski definition) is 3. The Morgan fingerprint density at radius 3 is 1.77 bits per heavy atom. The van der Waals surface area contributed by atoms with Gasteiger partial charge in [0.2, 0.25) is 5.88 Å². The molecule has 0 spiro atoms. The minimum absolute atomic E-state index is 0.000397. The smallest absolute Gasteiger partial charge is 0.416 e. The summed E-state index contributed by atoms with van der Waals surface area (Å²) < 4.78 is 80.8. The predicted molar refractivity (Wildman–Crippen MR) is 63.6 cm³/mol. The van der Waals surface area contributed by atoms with Crippen LogP contribution in [0, 0.1) is 0 Å². The van der Waals surface area contributed by atoms with E-state index in [9.17, 15) is 26.3 Å². The van der Waals surface area contributed by atoms with Gasteiger partial charge in [0.05, 0.1) is 11.1 Å². The van der Waals surface area contributed by atoms with Crippen LogP contribution in [-0.2, 0) is 12.4 Å². The molecule has 0 atom stereocenters. The molecule has 0 aliphatic carbocycles. The Morgan fingerprint density at radius 1 is 0.818 bits per heavy atom. The molecule has 22 heavy (non-hydrogen) atoms. The van der Waals surface area contributed by atoms with Gasteiger partial charge in [-0.25, -0.2) is 0 Å². The van der Waals surface area contributed by atoms with Crippen molar-refractivity contribution in [2.75, 3.05) is 0 Å². The molecule has 0 bridgehead atoms. The fourth-order valence-electron chi connectivity index (χ4n) is 1.46. The topological polar surface area (TPSA) is 35.0 Å². The average Bonchev–Trinajstić information content (AvgIpc) is 2.39. The molecule has 0 amide bonds. The highest BCUT2D eigenvalue weighted by atomic mass is 35.5. The standard InChI is InChI=1S/C12H5ClF6N2O/c13-9-1-2-10(21-20-9)22-8-4-6(11(14,15)16)3-7(5-8)12(17,18)19/h1-5H. The zero-order valence-corrected chi connectivity index (χ0v) is 11.1. The molecule has 0 radical (unpaired) electrons. The zero-order chi connectivity index (χ0) is 16.5. The summed E-state index contributed by atoms with van der Waals surface area (Å²) in [5.41, 5.74) is -2.97. The molecule has 3 nitrogen and oxygen atoms in total. The van der Waals surface area contributed by atoms with E-state index < -0.39 is 29.2 Å². The highest BCUT2D eigenvalue weighted by Gasteiger charge is 2.37. The number of halogens is 7. The third-order valence-electron chi connectivity index (χ3n) is 2.39. The second-order valence-electron chi connectivity index (χ2n) is 4.04. The zero-order valence-electron chi connectivity index (χ0n) is 10.3. The van der Waals surface area contributed by atoms with Crippen LogP contribution in [0.3, 0.4) is 0 Å². The maximum absolute atomic E-state index is 12.7. The Hall–Kier alpha value is -2.03. The molecule has 0 N–H and O–H groups in total. The van der Waals surface area contributed by atoms with Crippen LogP contribution in [0.2, 0.25) is 5.15 Å². The monoisotopic (exact) mass is 342 g/mol. The van der Waals surface area contributed by atoms with Crippen LogP contribution in [0.4, 0.5) is 26.3 Å². The van der Waals surface area contributed by atoms with Crippen LogP contribution < -0.4 is 4.74 Å². The Balaban J connectivity index is 2.44. The van der Waals surface area contributed by atoms with Gasteiger partial charge >= 0.3 is 12.4 Å². The van der Waals surface area contributed by atoms with E-state index >= 15 is 0 Å². The lowest BCUT2D eigenvalue weighted by molar-refractivity contribution is -0.143. The maximum atomic E-state index is 12.7. The second kappa shape index (κ2) is 5.64. The van der Waals surface area contributed by atoms with Crippen molar-refractivity contribution in [3.8, 4) is 11.6 Å². The van der Waals surface area contributed by atoms with E-state index in [1.807, 2.05) is 0 Å². The normalized spacial score (nSPS) is 12.3.